The number of hydrogen-bond donors (Lipinski definition) is 2. The van der Waals surface area contributed by atoms with Gasteiger partial charge >= 0.3 is 6.18 Å². The number of fused-ring (bicyclic) bond motifs is 1. The fraction of sp³-hybridized carbons (Fsp3) is 0.435. The molecule has 4 rings (SSSR count). The second-order valence-corrected chi connectivity index (χ2v) is 9.64. The van der Waals surface area contributed by atoms with E-state index in [1.165, 1.54) is 0 Å². The molecule has 3 heterocycles. The summed E-state index contributed by atoms with van der Waals surface area (Å²) in [6, 6.07) is 5.71. The van der Waals surface area contributed by atoms with Crippen LogP contribution in [0.25, 0.3) is 10.2 Å². The van der Waals surface area contributed by atoms with Crippen molar-refractivity contribution >= 4 is 33.1 Å². The number of halogens is 3. The quantitative estimate of drug-likeness (QED) is 0.557. The van der Waals surface area contributed by atoms with Gasteiger partial charge in [0.05, 0.1) is 22.7 Å². The molecule has 2 aromatic heterocycles. The molecule has 0 aliphatic carbocycles. The van der Waals surface area contributed by atoms with Crippen LogP contribution in [0.15, 0.2) is 23.0 Å². The van der Waals surface area contributed by atoms with E-state index < -0.39 is 17.7 Å². The van der Waals surface area contributed by atoms with Gasteiger partial charge in [-0.15, -0.1) is 11.3 Å². The Morgan fingerprint density at radius 3 is 2.76 bits per heavy atom. The lowest BCUT2D eigenvalue weighted by Crippen LogP contribution is -2.41. The van der Waals surface area contributed by atoms with Crippen LogP contribution in [0.4, 0.5) is 18.9 Å². The minimum atomic E-state index is -4.23. The van der Waals surface area contributed by atoms with Crippen LogP contribution in [0.5, 0.6) is 0 Å². The number of alkyl halides is 3. The summed E-state index contributed by atoms with van der Waals surface area (Å²) in [5.41, 5.74) is 2.85. The number of rotatable bonds is 4. The highest BCUT2D eigenvalue weighted by Gasteiger charge is 2.41. The van der Waals surface area contributed by atoms with E-state index in [1.54, 1.807) is 11.8 Å². The normalized spacial score (nSPS) is 17.5. The molecule has 1 aliphatic rings. The maximum absolute atomic E-state index is 13.1. The number of aromatic nitrogens is 2. The van der Waals surface area contributed by atoms with E-state index in [1.807, 2.05) is 32.0 Å². The van der Waals surface area contributed by atoms with Gasteiger partial charge < -0.3 is 10.3 Å². The van der Waals surface area contributed by atoms with E-state index in [4.69, 9.17) is 0 Å². The highest BCUT2D eigenvalue weighted by molar-refractivity contribution is 7.20. The number of benzene rings is 1. The van der Waals surface area contributed by atoms with E-state index in [2.05, 4.69) is 15.3 Å². The Hall–Kier alpha value is -2.72. The minimum Gasteiger partial charge on any atom is -0.321 e. The molecule has 1 amide bonds. The summed E-state index contributed by atoms with van der Waals surface area (Å²) in [4.78, 5) is 35.3. The van der Waals surface area contributed by atoms with Gasteiger partial charge in [-0.05, 0) is 57.4 Å². The number of thiophene rings is 1. The first-order chi connectivity index (χ1) is 15.5. The van der Waals surface area contributed by atoms with Gasteiger partial charge in [0.2, 0.25) is 0 Å². The predicted octanol–water partition coefficient (Wildman–Crippen LogP) is 4.94. The van der Waals surface area contributed by atoms with Crippen LogP contribution in [-0.2, 0) is 6.54 Å². The molecule has 10 heteroatoms. The van der Waals surface area contributed by atoms with Gasteiger partial charge in [-0.3, -0.25) is 14.5 Å². The fourth-order valence-corrected chi connectivity index (χ4v) is 5.39. The van der Waals surface area contributed by atoms with Crippen molar-refractivity contribution in [2.45, 2.75) is 46.3 Å². The van der Waals surface area contributed by atoms with Crippen molar-refractivity contribution in [2.24, 2.45) is 5.92 Å². The van der Waals surface area contributed by atoms with Gasteiger partial charge in [0, 0.05) is 12.2 Å². The average Bonchev–Trinajstić information content (AvgIpc) is 3.06. The van der Waals surface area contributed by atoms with Gasteiger partial charge in [-0.1, -0.05) is 17.7 Å². The molecule has 1 aromatic carbocycles. The first-order valence-electron chi connectivity index (χ1n) is 10.7. The van der Waals surface area contributed by atoms with Crippen LogP contribution < -0.4 is 10.9 Å². The smallest absolute Gasteiger partial charge is 0.321 e. The number of H-pyrrole nitrogens is 1. The predicted molar refractivity (Wildman–Crippen MR) is 123 cm³/mol. The van der Waals surface area contributed by atoms with E-state index >= 15 is 0 Å². The fourth-order valence-electron chi connectivity index (χ4n) is 4.29. The molecule has 33 heavy (non-hydrogen) atoms. The number of anilines is 1. The summed E-state index contributed by atoms with van der Waals surface area (Å²) in [6.07, 6.45) is -3.67. The van der Waals surface area contributed by atoms with Crippen LogP contribution in [0, 0.1) is 26.7 Å². The molecular formula is C23H25F3N4O2S. The molecular weight excluding hydrogens is 453 g/mol. The zero-order valence-electron chi connectivity index (χ0n) is 18.6. The first-order valence-corrected chi connectivity index (χ1v) is 11.5. The Labute approximate surface area is 192 Å². The maximum Gasteiger partial charge on any atom is 0.393 e. The summed E-state index contributed by atoms with van der Waals surface area (Å²) in [5, 5.41) is 3.23. The molecule has 6 nitrogen and oxygen atoms in total. The molecule has 1 saturated heterocycles. The van der Waals surface area contributed by atoms with Crippen molar-refractivity contribution in [1.82, 2.24) is 14.9 Å². The molecule has 0 saturated carbocycles. The number of aryl methyl sites for hydroxylation is 3. The topological polar surface area (TPSA) is 78.1 Å². The summed E-state index contributed by atoms with van der Waals surface area (Å²) < 4.78 is 39.3. The third kappa shape index (κ3) is 4.96. The largest absolute Gasteiger partial charge is 0.393 e. The number of piperidine rings is 1. The summed E-state index contributed by atoms with van der Waals surface area (Å²) in [5.74, 6) is -1.39. The molecule has 0 bridgehead atoms. The third-order valence-corrected chi connectivity index (χ3v) is 7.21. The molecule has 2 N–H and O–H groups in total. The first kappa shape index (κ1) is 23.4. The second-order valence-electron chi connectivity index (χ2n) is 8.64. The van der Waals surface area contributed by atoms with E-state index in [9.17, 15) is 22.8 Å². The maximum atomic E-state index is 13.1. The van der Waals surface area contributed by atoms with E-state index in [0.29, 0.717) is 45.1 Å². The third-order valence-electron chi connectivity index (χ3n) is 6.03. The molecule has 1 aliphatic heterocycles. The standard InChI is InChI=1S/C23H25F3N4O2S/c1-12-6-7-16(13(2)9-12)27-21(32)19-14(3)18-20(31)28-17(29-22(18)33-19)11-30-8-4-5-15(10-30)23(24,25)26/h6-7,9,15H,4-5,8,10-11H2,1-3H3,(H,27,32)(H,28,29,31). The Morgan fingerprint density at radius 1 is 1.30 bits per heavy atom. The van der Waals surface area contributed by atoms with Gasteiger partial charge in [0.1, 0.15) is 10.7 Å². The molecule has 3 aromatic rings. The summed E-state index contributed by atoms with van der Waals surface area (Å²) in [7, 11) is 0. The summed E-state index contributed by atoms with van der Waals surface area (Å²) in [6.45, 7) is 6.10. The lowest BCUT2D eigenvalue weighted by Gasteiger charge is -2.33. The Morgan fingerprint density at radius 2 is 2.06 bits per heavy atom. The average molecular weight is 479 g/mol. The van der Waals surface area contributed by atoms with Crippen molar-refractivity contribution in [3.8, 4) is 0 Å². The number of carbonyl (C=O) groups is 1. The van der Waals surface area contributed by atoms with Gasteiger partial charge in [-0.25, -0.2) is 4.98 Å². The van der Waals surface area contributed by atoms with Gasteiger partial charge in [0.15, 0.2) is 0 Å². The highest BCUT2D eigenvalue weighted by atomic mass is 32.1. The zero-order chi connectivity index (χ0) is 23.9. The van der Waals surface area contributed by atoms with Gasteiger partial charge in [0.25, 0.3) is 11.5 Å². The van der Waals surface area contributed by atoms with Crippen molar-refractivity contribution < 1.29 is 18.0 Å². The zero-order valence-corrected chi connectivity index (χ0v) is 19.4. The van der Waals surface area contributed by atoms with Crippen LogP contribution in [0.2, 0.25) is 0 Å². The number of hydrogen-bond acceptors (Lipinski definition) is 5. The molecule has 0 spiro atoms. The van der Waals surface area contributed by atoms with Crippen molar-refractivity contribution in [3.05, 3.63) is 55.9 Å². The molecule has 1 atom stereocenters. The lowest BCUT2D eigenvalue weighted by atomic mass is 9.97. The van der Waals surface area contributed by atoms with Crippen LogP contribution >= 0.6 is 11.3 Å². The second kappa shape index (κ2) is 8.90. The molecule has 1 fully saturated rings. The SMILES string of the molecule is Cc1ccc(NC(=O)c2sc3nc(CN4CCCC(C(F)(F)F)C4)[nH]c(=O)c3c2C)c(C)c1. The van der Waals surface area contributed by atoms with Crippen LogP contribution in [-0.4, -0.2) is 40.0 Å². The number of nitrogens with zero attached hydrogens (tertiary/aromatic N) is 2. The summed E-state index contributed by atoms with van der Waals surface area (Å²) >= 11 is 1.11. The highest BCUT2D eigenvalue weighted by Crippen LogP contribution is 2.34. The van der Waals surface area contributed by atoms with Crippen molar-refractivity contribution in [3.63, 3.8) is 0 Å². The Bertz CT molecular complexity index is 1270. The number of carbonyl (C=O) groups excluding carboxylic acids is 1. The molecule has 1 unspecified atom stereocenters. The minimum absolute atomic E-state index is 0.113. The van der Waals surface area contributed by atoms with Crippen molar-refractivity contribution in [2.75, 3.05) is 18.4 Å². The number of aromatic amines is 1. The van der Waals surface area contributed by atoms with Crippen molar-refractivity contribution in [1.29, 1.82) is 0 Å². The molecule has 0 radical (unpaired) electrons. The number of amides is 1. The van der Waals surface area contributed by atoms with E-state index in [-0.39, 0.29) is 25.4 Å². The monoisotopic (exact) mass is 478 g/mol. The van der Waals surface area contributed by atoms with E-state index in [0.717, 1.165) is 22.5 Å². The lowest BCUT2D eigenvalue weighted by molar-refractivity contribution is -0.187. The van der Waals surface area contributed by atoms with Crippen LogP contribution in [0.1, 0.15) is 45.0 Å². The van der Waals surface area contributed by atoms with Gasteiger partial charge in [-0.2, -0.15) is 13.2 Å². The Balaban J connectivity index is 1.58. The molecule has 176 valence electrons. The Kier molecular flexibility index (Phi) is 6.32. The number of likely N-dealkylation sites (tertiary alicyclic amines) is 1. The van der Waals surface area contributed by atoms with Crippen LogP contribution in [0.3, 0.4) is 0 Å². The number of nitrogens with one attached hydrogen (secondary N) is 2.